The summed E-state index contributed by atoms with van der Waals surface area (Å²) in [6, 6.07) is 10.1. The van der Waals surface area contributed by atoms with E-state index in [0.29, 0.717) is 16.3 Å². The Bertz CT molecular complexity index is 679. The molecule has 0 aliphatic heterocycles. The van der Waals surface area contributed by atoms with Gasteiger partial charge in [-0.1, -0.05) is 33.6 Å². The predicted molar refractivity (Wildman–Crippen MR) is 86.1 cm³/mol. The van der Waals surface area contributed by atoms with E-state index in [0.717, 1.165) is 10.2 Å². The van der Waals surface area contributed by atoms with Crippen molar-refractivity contribution in [2.45, 2.75) is 6.54 Å². The standard InChI is InChI=1S/C14H12BrClN2O3/c1-21-11-6-9(15)5-10(7-11)17-8-12-13(16)3-2-4-14(12)18(19)20/h2-7,17H,8H2,1H3. The second-order valence-corrected chi connectivity index (χ2v) is 5.55. The number of nitrogens with zero attached hydrogens (tertiary/aromatic N) is 1. The second kappa shape index (κ2) is 6.78. The molecule has 0 saturated carbocycles. The lowest BCUT2D eigenvalue weighted by Gasteiger charge is -2.10. The number of halogens is 2. The van der Waals surface area contributed by atoms with E-state index in [4.69, 9.17) is 16.3 Å². The number of rotatable bonds is 5. The van der Waals surface area contributed by atoms with Crippen molar-refractivity contribution in [3.8, 4) is 5.75 Å². The van der Waals surface area contributed by atoms with E-state index in [1.165, 1.54) is 6.07 Å². The van der Waals surface area contributed by atoms with Gasteiger partial charge < -0.3 is 10.1 Å². The Morgan fingerprint density at radius 2 is 2.14 bits per heavy atom. The molecule has 2 aromatic carbocycles. The molecule has 2 aromatic rings. The lowest BCUT2D eigenvalue weighted by atomic mass is 10.1. The van der Waals surface area contributed by atoms with Crippen molar-refractivity contribution in [3.63, 3.8) is 0 Å². The topological polar surface area (TPSA) is 64.4 Å². The van der Waals surface area contributed by atoms with Crippen LogP contribution in [0.4, 0.5) is 11.4 Å². The molecular weight excluding hydrogens is 360 g/mol. The highest BCUT2D eigenvalue weighted by Gasteiger charge is 2.16. The van der Waals surface area contributed by atoms with Crippen molar-refractivity contribution in [3.05, 3.63) is 61.6 Å². The molecule has 0 aliphatic rings. The van der Waals surface area contributed by atoms with Crippen LogP contribution in [0, 0.1) is 10.1 Å². The normalized spacial score (nSPS) is 10.2. The Balaban J connectivity index is 2.24. The van der Waals surface area contributed by atoms with Crippen molar-refractivity contribution in [2.24, 2.45) is 0 Å². The van der Waals surface area contributed by atoms with Crippen LogP contribution in [-0.2, 0) is 6.54 Å². The van der Waals surface area contributed by atoms with Crippen LogP contribution in [0.1, 0.15) is 5.56 Å². The molecule has 0 heterocycles. The summed E-state index contributed by atoms with van der Waals surface area (Å²) >= 11 is 9.43. The number of nitrogens with one attached hydrogen (secondary N) is 1. The Hall–Kier alpha value is -1.79. The lowest BCUT2D eigenvalue weighted by Crippen LogP contribution is -2.04. The molecule has 0 spiro atoms. The molecule has 0 atom stereocenters. The zero-order valence-corrected chi connectivity index (χ0v) is 13.4. The highest BCUT2D eigenvalue weighted by Crippen LogP contribution is 2.29. The van der Waals surface area contributed by atoms with E-state index in [2.05, 4.69) is 21.2 Å². The number of methoxy groups -OCH3 is 1. The number of hydrogen-bond acceptors (Lipinski definition) is 4. The van der Waals surface area contributed by atoms with Gasteiger partial charge in [0.1, 0.15) is 5.75 Å². The van der Waals surface area contributed by atoms with Crippen molar-refractivity contribution < 1.29 is 9.66 Å². The first-order valence-electron chi connectivity index (χ1n) is 6.01. The maximum absolute atomic E-state index is 11.0. The molecule has 110 valence electrons. The van der Waals surface area contributed by atoms with Crippen LogP contribution in [0.2, 0.25) is 5.02 Å². The molecule has 0 aliphatic carbocycles. The van der Waals surface area contributed by atoms with Gasteiger partial charge in [0, 0.05) is 28.8 Å². The zero-order valence-electron chi connectivity index (χ0n) is 11.1. The quantitative estimate of drug-likeness (QED) is 0.614. The van der Waals surface area contributed by atoms with Crippen molar-refractivity contribution >= 4 is 38.9 Å². The van der Waals surface area contributed by atoms with Gasteiger partial charge in [-0.15, -0.1) is 0 Å². The number of hydrogen-bond donors (Lipinski definition) is 1. The fraction of sp³-hybridized carbons (Fsp3) is 0.143. The molecule has 21 heavy (non-hydrogen) atoms. The number of benzene rings is 2. The minimum Gasteiger partial charge on any atom is -0.497 e. The molecule has 0 fully saturated rings. The van der Waals surface area contributed by atoms with E-state index < -0.39 is 4.92 Å². The Kier molecular flexibility index (Phi) is 5.03. The third kappa shape index (κ3) is 3.86. The van der Waals surface area contributed by atoms with Crippen LogP contribution >= 0.6 is 27.5 Å². The molecule has 0 amide bonds. The predicted octanol–water partition coefficient (Wildman–Crippen LogP) is 4.63. The molecule has 0 unspecified atom stereocenters. The Morgan fingerprint density at radius 3 is 2.81 bits per heavy atom. The summed E-state index contributed by atoms with van der Waals surface area (Å²) in [4.78, 5) is 10.6. The highest BCUT2D eigenvalue weighted by atomic mass is 79.9. The van der Waals surface area contributed by atoms with E-state index >= 15 is 0 Å². The van der Waals surface area contributed by atoms with Gasteiger partial charge in [-0.3, -0.25) is 10.1 Å². The SMILES string of the molecule is COc1cc(Br)cc(NCc2c(Cl)cccc2[N+](=O)[O-])c1. The van der Waals surface area contributed by atoms with Crippen LogP contribution in [0.3, 0.4) is 0 Å². The third-order valence-corrected chi connectivity index (χ3v) is 3.68. The van der Waals surface area contributed by atoms with E-state index in [9.17, 15) is 10.1 Å². The van der Waals surface area contributed by atoms with Gasteiger partial charge in [0.15, 0.2) is 0 Å². The van der Waals surface area contributed by atoms with E-state index in [1.54, 1.807) is 25.3 Å². The monoisotopic (exact) mass is 370 g/mol. The van der Waals surface area contributed by atoms with Crippen LogP contribution in [-0.4, -0.2) is 12.0 Å². The molecule has 2 rings (SSSR count). The number of nitro groups is 1. The number of ether oxygens (including phenoxy) is 1. The van der Waals surface area contributed by atoms with Gasteiger partial charge in [-0.2, -0.15) is 0 Å². The van der Waals surface area contributed by atoms with Crippen molar-refractivity contribution in [2.75, 3.05) is 12.4 Å². The summed E-state index contributed by atoms with van der Waals surface area (Å²) in [6.07, 6.45) is 0. The van der Waals surface area contributed by atoms with Crippen LogP contribution in [0.15, 0.2) is 40.9 Å². The third-order valence-electron chi connectivity index (χ3n) is 2.87. The van der Waals surface area contributed by atoms with Gasteiger partial charge >= 0.3 is 0 Å². The smallest absolute Gasteiger partial charge is 0.275 e. The minimum atomic E-state index is -0.440. The first-order valence-corrected chi connectivity index (χ1v) is 7.18. The van der Waals surface area contributed by atoms with Gasteiger partial charge in [0.2, 0.25) is 0 Å². The lowest BCUT2D eigenvalue weighted by molar-refractivity contribution is -0.385. The zero-order chi connectivity index (χ0) is 15.4. The molecule has 0 saturated heterocycles. The molecule has 0 aromatic heterocycles. The molecule has 5 nitrogen and oxygen atoms in total. The molecule has 1 N–H and O–H groups in total. The van der Waals surface area contributed by atoms with Crippen molar-refractivity contribution in [1.29, 1.82) is 0 Å². The van der Waals surface area contributed by atoms with Gasteiger partial charge in [-0.05, 0) is 18.2 Å². The summed E-state index contributed by atoms with van der Waals surface area (Å²) in [6.45, 7) is 0.246. The average molecular weight is 372 g/mol. The maximum Gasteiger partial charge on any atom is 0.275 e. The second-order valence-electron chi connectivity index (χ2n) is 4.23. The summed E-state index contributed by atoms with van der Waals surface area (Å²) in [5.41, 5.74) is 1.22. The number of nitro benzene ring substituents is 1. The molecule has 0 radical (unpaired) electrons. The van der Waals surface area contributed by atoms with E-state index in [-0.39, 0.29) is 12.2 Å². The molecule has 0 bridgehead atoms. The fourth-order valence-corrected chi connectivity index (χ4v) is 2.58. The average Bonchev–Trinajstić information content (AvgIpc) is 2.45. The minimum absolute atomic E-state index is 0.00281. The van der Waals surface area contributed by atoms with Crippen LogP contribution < -0.4 is 10.1 Å². The summed E-state index contributed by atoms with van der Waals surface area (Å²) in [5.74, 6) is 0.681. The van der Waals surface area contributed by atoms with Crippen LogP contribution in [0.5, 0.6) is 5.75 Å². The van der Waals surface area contributed by atoms with Gasteiger partial charge in [0.25, 0.3) is 5.69 Å². The Labute approximate surface area is 135 Å². The summed E-state index contributed by atoms with van der Waals surface area (Å²) in [7, 11) is 1.57. The van der Waals surface area contributed by atoms with Crippen LogP contribution in [0.25, 0.3) is 0 Å². The summed E-state index contributed by atoms with van der Waals surface area (Å²) in [5, 5.41) is 14.5. The van der Waals surface area contributed by atoms with Crippen molar-refractivity contribution in [1.82, 2.24) is 0 Å². The number of anilines is 1. The highest BCUT2D eigenvalue weighted by molar-refractivity contribution is 9.10. The first kappa shape index (κ1) is 15.6. The van der Waals surface area contributed by atoms with Gasteiger partial charge in [0.05, 0.1) is 22.6 Å². The first-order chi connectivity index (χ1) is 10.0. The molecule has 7 heteroatoms. The van der Waals surface area contributed by atoms with Gasteiger partial charge in [-0.25, -0.2) is 0 Å². The summed E-state index contributed by atoms with van der Waals surface area (Å²) < 4.78 is 6.01. The van der Waals surface area contributed by atoms with E-state index in [1.807, 2.05) is 12.1 Å². The molecular formula is C14H12BrClN2O3. The largest absolute Gasteiger partial charge is 0.497 e. The maximum atomic E-state index is 11.0. The fourth-order valence-electron chi connectivity index (χ4n) is 1.87. The Morgan fingerprint density at radius 1 is 1.38 bits per heavy atom.